The van der Waals surface area contributed by atoms with Crippen molar-refractivity contribution in [3.05, 3.63) is 49.5 Å². The molecule has 0 spiro atoms. The number of ether oxygens (including phenoxy) is 1. The van der Waals surface area contributed by atoms with Gasteiger partial charge in [0.25, 0.3) is 5.69 Å². The van der Waals surface area contributed by atoms with Crippen molar-refractivity contribution in [3.63, 3.8) is 0 Å². The zero-order chi connectivity index (χ0) is 14.0. The summed E-state index contributed by atoms with van der Waals surface area (Å²) < 4.78 is 6.70. The van der Waals surface area contributed by atoms with Gasteiger partial charge in [0.2, 0.25) is 5.88 Å². The molecule has 6 nitrogen and oxygen atoms in total. The number of benzene rings is 1. The van der Waals surface area contributed by atoms with E-state index < -0.39 is 4.92 Å². The first-order valence-electron chi connectivity index (χ1n) is 4.99. The Morgan fingerprint density at radius 3 is 2.58 bits per heavy atom. The summed E-state index contributed by atoms with van der Waals surface area (Å²) in [6.45, 7) is 0. The van der Waals surface area contributed by atoms with Crippen molar-refractivity contribution in [1.29, 1.82) is 0 Å². The van der Waals surface area contributed by atoms with Crippen molar-refractivity contribution in [2.45, 2.75) is 0 Å². The van der Waals surface area contributed by atoms with E-state index in [9.17, 15) is 10.1 Å². The molecule has 0 bridgehead atoms. The van der Waals surface area contributed by atoms with Crippen LogP contribution in [0.25, 0.3) is 0 Å². The number of nitrogens with zero attached hydrogens (tertiary/aromatic N) is 2. The Balaban J connectivity index is 2.35. The number of aromatic nitrogens is 1. The standard InChI is InChI=1S/C11H7Br2N3O3/c12-6-1-8(16(17)18)4-9(2-6)19-11-10(14)3-7(13)5-15-11/h1-5H,14H2. The second-order valence-corrected chi connectivity index (χ2v) is 5.38. The molecule has 0 atom stereocenters. The lowest BCUT2D eigenvalue weighted by atomic mass is 10.3. The number of hydrogen-bond donors (Lipinski definition) is 1. The summed E-state index contributed by atoms with van der Waals surface area (Å²) in [6.07, 6.45) is 1.53. The molecule has 2 aromatic rings. The number of halogens is 2. The molecule has 0 aliphatic rings. The third-order valence-corrected chi connectivity index (χ3v) is 3.02. The van der Waals surface area contributed by atoms with Gasteiger partial charge in [0.1, 0.15) is 5.75 Å². The molecular formula is C11H7Br2N3O3. The number of nitrogens with two attached hydrogens (primary N) is 1. The minimum Gasteiger partial charge on any atom is -0.437 e. The summed E-state index contributed by atoms with van der Waals surface area (Å²) in [5.74, 6) is 0.471. The maximum absolute atomic E-state index is 10.8. The normalized spacial score (nSPS) is 10.2. The molecule has 2 rings (SSSR count). The van der Waals surface area contributed by atoms with E-state index in [0.29, 0.717) is 10.2 Å². The van der Waals surface area contributed by atoms with Crippen LogP contribution in [0.15, 0.2) is 39.4 Å². The van der Waals surface area contributed by atoms with Crippen molar-refractivity contribution >= 4 is 43.2 Å². The molecule has 98 valence electrons. The Labute approximate surface area is 125 Å². The first-order valence-corrected chi connectivity index (χ1v) is 6.58. The molecular weight excluding hydrogens is 382 g/mol. The predicted octanol–water partition coefficient (Wildman–Crippen LogP) is 3.89. The van der Waals surface area contributed by atoms with Gasteiger partial charge in [-0.1, -0.05) is 15.9 Å². The molecule has 0 fully saturated rings. The molecule has 0 aliphatic carbocycles. The Morgan fingerprint density at radius 1 is 1.21 bits per heavy atom. The lowest BCUT2D eigenvalue weighted by Crippen LogP contribution is -1.96. The number of pyridine rings is 1. The van der Waals surface area contributed by atoms with Gasteiger partial charge >= 0.3 is 0 Å². The third kappa shape index (κ3) is 3.42. The van der Waals surface area contributed by atoms with Crippen LogP contribution in [-0.4, -0.2) is 9.91 Å². The minimum absolute atomic E-state index is 0.0833. The number of rotatable bonds is 3. The van der Waals surface area contributed by atoms with Gasteiger partial charge in [-0.2, -0.15) is 0 Å². The highest BCUT2D eigenvalue weighted by molar-refractivity contribution is 9.10. The summed E-state index contributed by atoms with van der Waals surface area (Å²) in [5.41, 5.74) is 5.99. The summed E-state index contributed by atoms with van der Waals surface area (Å²) in [4.78, 5) is 14.2. The molecule has 0 aliphatic heterocycles. The van der Waals surface area contributed by atoms with Crippen molar-refractivity contribution in [2.75, 3.05) is 5.73 Å². The van der Waals surface area contributed by atoms with Crippen LogP contribution in [0.1, 0.15) is 0 Å². The van der Waals surface area contributed by atoms with Crippen molar-refractivity contribution in [1.82, 2.24) is 4.98 Å². The number of anilines is 1. The zero-order valence-electron chi connectivity index (χ0n) is 9.34. The van der Waals surface area contributed by atoms with Crippen LogP contribution >= 0.6 is 31.9 Å². The summed E-state index contributed by atoms with van der Waals surface area (Å²) in [5, 5.41) is 10.8. The quantitative estimate of drug-likeness (QED) is 0.636. The minimum atomic E-state index is -0.504. The molecule has 2 N–H and O–H groups in total. The van der Waals surface area contributed by atoms with E-state index in [-0.39, 0.29) is 17.3 Å². The highest BCUT2D eigenvalue weighted by Gasteiger charge is 2.12. The highest BCUT2D eigenvalue weighted by atomic mass is 79.9. The molecule has 19 heavy (non-hydrogen) atoms. The predicted molar refractivity (Wildman–Crippen MR) is 77.2 cm³/mol. The average molecular weight is 389 g/mol. The highest BCUT2D eigenvalue weighted by Crippen LogP contribution is 2.31. The zero-order valence-corrected chi connectivity index (χ0v) is 12.5. The van der Waals surface area contributed by atoms with Crippen LogP contribution in [0.2, 0.25) is 0 Å². The molecule has 1 aromatic carbocycles. The number of hydrogen-bond acceptors (Lipinski definition) is 5. The number of nitro benzene ring substituents is 1. The van der Waals surface area contributed by atoms with Gasteiger partial charge < -0.3 is 10.5 Å². The lowest BCUT2D eigenvalue weighted by Gasteiger charge is -2.07. The van der Waals surface area contributed by atoms with Crippen LogP contribution in [0.5, 0.6) is 11.6 Å². The largest absolute Gasteiger partial charge is 0.437 e. The molecule has 0 saturated heterocycles. The van der Waals surface area contributed by atoms with Crippen LogP contribution < -0.4 is 10.5 Å². The SMILES string of the molecule is Nc1cc(Br)cnc1Oc1cc(Br)cc([N+](=O)[O-])c1. The van der Waals surface area contributed by atoms with E-state index in [0.717, 1.165) is 4.47 Å². The Hall–Kier alpha value is -1.67. The fourth-order valence-electron chi connectivity index (χ4n) is 1.35. The monoisotopic (exact) mass is 387 g/mol. The summed E-state index contributed by atoms with van der Waals surface area (Å²) >= 11 is 6.41. The number of non-ortho nitro benzene ring substituents is 1. The lowest BCUT2D eigenvalue weighted by molar-refractivity contribution is -0.385. The Kier molecular flexibility index (Phi) is 4.01. The van der Waals surface area contributed by atoms with Crippen molar-refractivity contribution in [3.8, 4) is 11.6 Å². The average Bonchev–Trinajstić information content (AvgIpc) is 2.32. The van der Waals surface area contributed by atoms with E-state index in [1.165, 1.54) is 18.3 Å². The number of nitro groups is 1. The summed E-state index contributed by atoms with van der Waals surface area (Å²) in [6, 6.07) is 5.91. The molecule has 0 radical (unpaired) electrons. The topological polar surface area (TPSA) is 91.3 Å². The van der Waals surface area contributed by atoms with Crippen LogP contribution in [0.4, 0.5) is 11.4 Å². The maximum atomic E-state index is 10.8. The fraction of sp³-hybridized carbons (Fsp3) is 0. The van der Waals surface area contributed by atoms with Gasteiger partial charge in [-0.3, -0.25) is 10.1 Å². The van der Waals surface area contributed by atoms with Gasteiger partial charge in [0.05, 0.1) is 16.7 Å². The molecule has 0 saturated carbocycles. The molecule has 1 heterocycles. The van der Waals surface area contributed by atoms with Crippen molar-refractivity contribution < 1.29 is 9.66 Å². The molecule has 0 amide bonds. The van der Waals surface area contributed by atoms with Crippen LogP contribution in [0, 0.1) is 10.1 Å². The number of nitrogen functional groups attached to an aromatic ring is 1. The van der Waals surface area contributed by atoms with Gasteiger partial charge in [0.15, 0.2) is 0 Å². The smallest absolute Gasteiger partial charge is 0.274 e. The van der Waals surface area contributed by atoms with Crippen LogP contribution in [-0.2, 0) is 0 Å². The first-order chi connectivity index (χ1) is 8.95. The van der Waals surface area contributed by atoms with Crippen LogP contribution in [0.3, 0.4) is 0 Å². The van der Waals surface area contributed by atoms with E-state index in [1.807, 2.05) is 0 Å². The summed E-state index contributed by atoms with van der Waals surface area (Å²) in [7, 11) is 0. The van der Waals surface area contributed by atoms with Gasteiger partial charge in [0, 0.05) is 21.2 Å². The van der Waals surface area contributed by atoms with E-state index in [4.69, 9.17) is 10.5 Å². The second kappa shape index (κ2) is 5.54. The Bertz CT molecular complexity index is 649. The molecule has 8 heteroatoms. The third-order valence-electron chi connectivity index (χ3n) is 2.13. The maximum Gasteiger partial charge on any atom is 0.274 e. The van der Waals surface area contributed by atoms with E-state index >= 15 is 0 Å². The van der Waals surface area contributed by atoms with Crippen molar-refractivity contribution in [2.24, 2.45) is 0 Å². The molecule has 1 aromatic heterocycles. The Morgan fingerprint density at radius 2 is 1.95 bits per heavy atom. The van der Waals surface area contributed by atoms with Gasteiger partial charge in [-0.15, -0.1) is 0 Å². The fourth-order valence-corrected chi connectivity index (χ4v) is 2.16. The van der Waals surface area contributed by atoms with Gasteiger partial charge in [-0.25, -0.2) is 4.98 Å². The second-order valence-electron chi connectivity index (χ2n) is 3.55. The van der Waals surface area contributed by atoms with Gasteiger partial charge in [-0.05, 0) is 28.1 Å². The first kappa shape index (κ1) is 13.8. The molecule has 0 unspecified atom stereocenters. The van der Waals surface area contributed by atoms with E-state index in [1.54, 1.807) is 12.1 Å². The van der Waals surface area contributed by atoms with E-state index in [2.05, 4.69) is 36.8 Å².